The molecule has 2 N–H and O–H groups in total. The van der Waals surface area contributed by atoms with E-state index >= 15 is 0 Å². The molecule has 110 valence electrons. The molecule has 6 heteroatoms. The lowest BCUT2D eigenvalue weighted by Gasteiger charge is -2.21. The number of aromatic amines is 1. The Morgan fingerprint density at radius 3 is 2.80 bits per heavy atom. The monoisotopic (exact) mass is 294 g/mol. The van der Waals surface area contributed by atoms with Gasteiger partial charge in [0.05, 0.1) is 5.75 Å². The Morgan fingerprint density at radius 1 is 1.25 bits per heavy atom. The number of nitrogens with zero attached hydrogens (tertiary/aromatic N) is 2. The summed E-state index contributed by atoms with van der Waals surface area (Å²) in [5.41, 5.74) is 0. The predicted octanol–water partition coefficient (Wildman–Crippen LogP) is 2.47. The Balaban J connectivity index is 1.35. The molecule has 5 nitrogen and oxygen atoms in total. The molecule has 2 saturated carbocycles. The molecule has 0 aliphatic heterocycles. The Morgan fingerprint density at radius 2 is 2.05 bits per heavy atom. The Hall–Kier alpha value is -1.04. The Kier molecular flexibility index (Phi) is 4.60. The maximum atomic E-state index is 11.8. The van der Waals surface area contributed by atoms with Crippen LogP contribution in [-0.2, 0) is 4.79 Å². The molecule has 0 aromatic carbocycles. The number of nitrogens with one attached hydrogen (secondary N) is 2. The molecule has 0 saturated heterocycles. The van der Waals surface area contributed by atoms with E-state index in [1.807, 2.05) is 0 Å². The number of H-pyrrole nitrogens is 1. The maximum Gasteiger partial charge on any atom is 0.230 e. The van der Waals surface area contributed by atoms with Crippen LogP contribution in [0.4, 0.5) is 0 Å². The van der Waals surface area contributed by atoms with Gasteiger partial charge in [-0.25, -0.2) is 4.98 Å². The van der Waals surface area contributed by atoms with Gasteiger partial charge >= 0.3 is 0 Å². The van der Waals surface area contributed by atoms with Crippen LogP contribution in [0.3, 0.4) is 0 Å². The van der Waals surface area contributed by atoms with Crippen LogP contribution in [-0.4, -0.2) is 33.4 Å². The quantitative estimate of drug-likeness (QED) is 0.791. The first-order valence-corrected chi connectivity index (χ1v) is 8.61. The summed E-state index contributed by atoms with van der Waals surface area (Å²) in [4.78, 5) is 16.2. The van der Waals surface area contributed by atoms with Crippen LogP contribution in [0.1, 0.15) is 56.7 Å². The van der Waals surface area contributed by atoms with E-state index in [2.05, 4.69) is 20.5 Å². The number of aromatic nitrogens is 3. The molecule has 1 heterocycles. The molecule has 2 aliphatic carbocycles. The topological polar surface area (TPSA) is 70.7 Å². The Labute approximate surface area is 123 Å². The molecule has 2 fully saturated rings. The summed E-state index contributed by atoms with van der Waals surface area (Å²) in [5.74, 6) is 2.75. The lowest BCUT2D eigenvalue weighted by atomic mass is 9.89. The number of amides is 1. The van der Waals surface area contributed by atoms with Crippen LogP contribution in [0.2, 0.25) is 0 Å². The fourth-order valence-electron chi connectivity index (χ4n) is 2.69. The molecule has 2 aliphatic rings. The number of carbonyl (C=O) groups is 1. The Bertz CT molecular complexity index is 452. The summed E-state index contributed by atoms with van der Waals surface area (Å²) in [6.07, 6.45) is 8.93. The van der Waals surface area contributed by atoms with Crippen LogP contribution in [0.25, 0.3) is 0 Å². The van der Waals surface area contributed by atoms with Crippen molar-refractivity contribution in [3.05, 3.63) is 5.82 Å². The standard InChI is InChI=1S/C14H22N4OS/c19-12(15-8-10-4-2-1-3-5-10)9-20-14-16-13(17-18-14)11-6-7-11/h10-11H,1-9H2,(H,15,19)(H,16,17,18). The van der Waals surface area contributed by atoms with Crippen LogP contribution < -0.4 is 5.32 Å². The summed E-state index contributed by atoms with van der Waals surface area (Å²) < 4.78 is 0. The van der Waals surface area contributed by atoms with Gasteiger partial charge in [-0.3, -0.25) is 9.89 Å². The first-order valence-electron chi connectivity index (χ1n) is 7.63. The zero-order valence-corrected chi connectivity index (χ0v) is 12.5. The summed E-state index contributed by atoms with van der Waals surface area (Å²) in [6.45, 7) is 0.834. The van der Waals surface area contributed by atoms with Crippen LogP contribution >= 0.6 is 11.8 Å². The fraction of sp³-hybridized carbons (Fsp3) is 0.786. The molecule has 0 radical (unpaired) electrons. The minimum absolute atomic E-state index is 0.0957. The summed E-state index contributed by atoms with van der Waals surface area (Å²) >= 11 is 1.42. The van der Waals surface area contributed by atoms with Gasteiger partial charge in [-0.1, -0.05) is 31.0 Å². The summed E-state index contributed by atoms with van der Waals surface area (Å²) in [7, 11) is 0. The van der Waals surface area contributed by atoms with E-state index in [0.717, 1.165) is 12.4 Å². The van der Waals surface area contributed by atoms with Crippen LogP contribution in [0.15, 0.2) is 5.16 Å². The van der Waals surface area contributed by atoms with Gasteiger partial charge in [0.25, 0.3) is 0 Å². The highest BCUT2D eigenvalue weighted by Crippen LogP contribution is 2.38. The van der Waals surface area contributed by atoms with E-state index < -0.39 is 0 Å². The molecule has 3 rings (SSSR count). The fourth-order valence-corrected chi connectivity index (χ4v) is 3.33. The van der Waals surface area contributed by atoms with Gasteiger partial charge in [-0.05, 0) is 31.6 Å². The highest BCUT2D eigenvalue weighted by Gasteiger charge is 2.27. The molecule has 0 bridgehead atoms. The third-order valence-corrected chi connectivity index (χ3v) is 4.94. The van der Waals surface area contributed by atoms with Crippen molar-refractivity contribution in [3.63, 3.8) is 0 Å². The van der Waals surface area contributed by atoms with E-state index in [1.165, 1.54) is 56.7 Å². The summed E-state index contributed by atoms with van der Waals surface area (Å²) in [5, 5.41) is 10.8. The molecule has 1 aromatic heterocycles. The van der Waals surface area contributed by atoms with Gasteiger partial charge in [0, 0.05) is 12.5 Å². The van der Waals surface area contributed by atoms with Crippen molar-refractivity contribution < 1.29 is 4.79 Å². The van der Waals surface area contributed by atoms with Crippen molar-refractivity contribution in [1.29, 1.82) is 0 Å². The average Bonchev–Trinajstić information content (AvgIpc) is 3.23. The lowest BCUT2D eigenvalue weighted by Crippen LogP contribution is -2.31. The zero-order chi connectivity index (χ0) is 13.8. The van der Waals surface area contributed by atoms with Crippen molar-refractivity contribution in [1.82, 2.24) is 20.5 Å². The van der Waals surface area contributed by atoms with Crippen molar-refractivity contribution in [3.8, 4) is 0 Å². The third kappa shape index (κ3) is 3.98. The largest absolute Gasteiger partial charge is 0.355 e. The van der Waals surface area contributed by atoms with E-state index in [4.69, 9.17) is 0 Å². The van der Waals surface area contributed by atoms with Crippen LogP contribution in [0.5, 0.6) is 0 Å². The molecular formula is C14H22N4OS. The smallest absolute Gasteiger partial charge is 0.230 e. The van der Waals surface area contributed by atoms with Gasteiger partial charge in [-0.2, -0.15) is 0 Å². The molecule has 1 amide bonds. The second-order valence-electron chi connectivity index (χ2n) is 5.87. The molecule has 0 atom stereocenters. The second kappa shape index (κ2) is 6.61. The van der Waals surface area contributed by atoms with E-state index in [0.29, 0.717) is 22.7 Å². The van der Waals surface area contributed by atoms with Gasteiger partial charge in [0.2, 0.25) is 11.1 Å². The average molecular weight is 294 g/mol. The van der Waals surface area contributed by atoms with Gasteiger partial charge < -0.3 is 5.32 Å². The minimum atomic E-state index is 0.0957. The van der Waals surface area contributed by atoms with Crippen molar-refractivity contribution >= 4 is 17.7 Å². The number of carbonyl (C=O) groups excluding carboxylic acids is 1. The lowest BCUT2D eigenvalue weighted by molar-refractivity contribution is -0.118. The van der Waals surface area contributed by atoms with Crippen molar-refractivity contribution in [2.45, 2.75) is 56.0 Å². The van der Waals surface area contributed by atoms with Gasteiger partial charge in [-0.15, -0.1) is 5.10 Å². The molecular weight excluding hydrogens is 272 g/mol. The van der Waals surface area contributed by atoms with Crippen LogP contribution in [0, 0.1) is 5.92 Å². The van der Waals surface area contributed by atoms with Crippen molar-refractivity contribution in [2.24, 2.45) is 5.92 Å². The van der Waals surface area contributed by atoms with E-state index in [-0.39, 0.29) is 5.91 Å². The van der Waals surface area contributed by atoms with E-state index in [9.17, 15) is 4.79 Å². The molecule has 0 spiro atoms. The minimum Gasteiger partial charge on any atom is -0.355 e. The van der Waals surface area contributed by atoms with Gasteiger partial charge in [0.1, 0.15) is 5.82 Å². The number of thioether (sulfide) groups is 1. The van der Waals surface area contributed by atoms with E-state index in [1.54, 1.807) is 0 Å². The molecule has 0 unspecified atom stereocenters. The van der Waals surface area contributed by atoms with Crippen molar-refractivity contribution in [2.75, 3.05) is 12.3 Å². The van der Waals surface area contributed by atoms with Gasteiger partial charge in [0.15, 0.2) is 0 Å². The SMILES string of the molecule is O=C(CSc1n[nH]c(C2CC2)n1)NCC1CCCCC1. The maximum absolute atomic E-state index is 11.8. The number of hydrogen-bond acceptors (Lipinski definition) is 4. The molecule has 1 aromatic rings. The number of hydrogen-bond donors (Lipinski definition) is 2. The first kappa shape index (κ1) is 13.9. The second-order valence-corrected chi connectivity index (χ2v) is 6.82. The normalized spacial score (nSPS) is 20.0. The highest BCUT2D eigenvalue weighted by molar-refractivity contribution is 7.99. The first-order chi connectivity index (χ1) is 9.81. The number of rotatable bonds is 6. The highest BCUT2D eigenvalue weighted by atomic mass is 32.2. The molecule has 20 heavy (non-hydrogen) atoms. The summed E-state index contributed by atoms with van der Waals surface area (Å²) in [6, 6.07) is 0. The predicted molar refractivity (Wildman–Crippen MR) is 78.7 cm³/mol. The zero-order valence-electron chi connectivity index (χ0n) is 11.7. The third-order valence-electron chi connectivity index (χ3n) is 4.09.